The number of amides is 1. The van der Waals surface area contributed by atoms with Crippen molar-refractivity contribution in [3.63, 3.8) is 0 Å². The molecule has 0 aliphatic rings. The van der Waals surface area contributed by atoms with Crippen LogP contribution in [0.15, 0.2) is 30.0 Å². The molecular weight excluding hydrogens is 288 g/mol. The van der Waals surface area contributed by atoms with Crippen molar-refractivity contribution in [3.8, 4) is 12.1 Å². The van der Waals surface area contributed by atoms with E-state index >= 15 is 0 Å². The Labute approximate surface area is 129 Å². The van der Waals surface area contributed by atoms with Crippen molar-refractivity contribution in [2.45, 2.75) is 13.8 Å². The number of hydrogen-bond acceptors (Lipinski definition) is 4. The molecule has 1 amide bonds. The number of carbonyl (C=O) groups is 1. The summed E-state index contributed by atoms with van der Waals surface area (Å²) in [5.74, 6) is -0.0931. The van der Waals surface area contributed by atoms with E-state index in [0.29, 0.717) is 29.4 Å². The van der Waals surface area contributed by atoms with Crippen LogP contribution in [-0.2, 0) is 0 Å². The van der Waals surface area contributed by atoms with Crippen LogP contribution in [0, 0.1) is 22.7 Å². The zero-order chi connectivity index (χ0) is 15.8. The maximum absolute atomic E-state index is 12.3. The normalized spacial score (nSPS) is 9.19. The van der Waals surface area contributed by atoms with Crippen LogP contribution in [0.25, 0.3) is 0 Å². The molecule has 0 unspecified atom stereocenters. The summed E-state index contributed by atoms with van der Waals surface area (Å²) in [6.07, 6.45) is 1.26. The van der Waals surface area contributed by atoms with Crippen molar-refractivity contribution < 1.29 is 4.79 Å². The smallest absolute Gasteiger partial charge is 0.253 e. The lowest BCUT2D eigenvalue weighted by atomic mass is 10.1. The van der Waals surface area contributed by atoms with Gasteiger partial charge >= 0.3 is 0 Å². The van der Waals surface area contributed by atoms with Crippen molar-refractivity contribution in [3.05, 3.63) is 40.6 Å². The predicted molar refractivity (Wildman–Crippen MR) is 81.6 cm³/mol. The van der Waals surface area contributed by atoms with Crippen LogP contribution >= 0.6 is 11.6 Å². The molecule has 0 heterocycles. The SMILES string of the molecule is CCN(CC)C(=O)c1ccc(Cl)c(NC=C(C#N)C#N)c1. The first kappa shape index (κ1) is 16.6. The lowest BCUT2D eigenvalue weighted by Crippen LogP contribution is -2.30. The summed E-state index contributed by atoms with van der Waals surface area (Å²) >= 11 is 6.04. The van der Waals surface area contributed by atoms with Gasteiger partial charge in [-0.2, -0.15) is 10.5 Å². The molecule has 1 aromatic rings. The van der Waals surface area contributed by atoms with Gasteiger partial charge in [-0.3, -0.25) is 4.79 Å². The number of carbonyl (C=O) groups excluding carboxylic acids is 1. The molecule has 1 N–H and O–H groups in total. The van der Waals surface area contributed by atoms with Crippen LogP contribution in [0.5, 0.6) is 0 Å². The molecule has 0 saturated heterocycles. The Hall–Kier alpha value is -2.50. The summed E-state index contributed by atoms with van der Waals surface area (Å²) in [5.41, 5.74) is 0.888. The molecule has 0 aliphatic carbocycles. The summed E-state index contributed by atoms with van der Waals surface area (Å²) in [6, 6.07) is 8.32. The average molecular weight is 303 g/mol. The number of allylic oxidation sites excluding steroid dienone is 1. The van der Waals surface area contributed by atoms with Gasteiger partial charge in [-0.25, -0.2) is 0 Å². The Balaban J connectivity index is 3.06. The van der Waals surface area contributed by atoms with Gasteiger partial charge in [-0.05, 0) is 32.0 Å². The molecule has 0 atom stereocenters. The Bertz CT molecular complexity index is 620. The molecule has 0 bridgehead atoms. The third-order valence-corrected chi connectivity index (χ3v) is 3.21. The summed E-state index contributed by atoms with van der Waals surface area (Å²) in [7, 11) is 0. The molecule has 1 rings (SSSR count). The largest absolute Gasteiger partial charge is 0.359 e. The van der Waals surface area contributed by atoms with Crippen molar-refractivity contribution in [2.75, 3.05) is 18.4 Å². The lowest BCUT2D eigenvalue weighted by Gasteiger charge is -2.19. The fraction of sp³-hybridized carbons (Fsp3) is 0.267. The number of nitriles is 2. The van der Waals surface area contributed by atoms with Crippen molar-refractivity contribution in [1.82, 2.24) is 4.90 Å². The van der Waals surface area contributed by atoms with Crippen molar-refractivity contribution in [2.24, 2.45) is 0 Å². The Morgan fingerprint density at radius 2 is 1.95 bits per heavy atom. The highest BCUT2D eigenvalue weighted by Gasteiger charge is 2.13. The highest BCUT2D eigenvalue weighted by Crippen LogP contribution is 2.24. The van der Waals surface area contributed by atoms with E-state index < -0.39 is 0 Å². The van der Waals surface area contributed by atoms with Crippen molar-refractivity contribution >= 4 is 23.2 Å². The minimum absolute atomic E-state index is 0.0773. The standard InChI is InChI=1S/C15H15ClN4O/c1-3-20(4-2)15(21)12-5-6-13(16)14(7-12)19-10-11(8-17)9-18/h5-7,10,19H,3-4H2,1-2H3. The number of hydrogen-bond donors (Lipinski definition) is 1. The first-order chi connectivity index (χ1) is 10.1. The Kier molecular flexibility index (Phi) is 6.26. The topological polar surface area (TPSA) is 79.9 Å². The summed E-state index contributed by atoms with van der Waals surface area (Å²) in [4.78, 5) is 13.9. The lowest BCUT2D eigenvalue weighted by molar-refractivity contribution is 0.0773. The molecule has 0 saturated carbocycles. The third-order valence-electron chi connectivity index (χ3n) is 2.88. The number of nitrogens with zero attached hydrogens (tertiary/aromatic N) is 3. The number of anilines is 1. The first-order valence-corrected chi connectivity index (χ1v) is 6.80. The summed E-state index contributed by atoms with van der Waals surface area (Å²) < 4.78 is 0. The van der Waals surface area contributed by atoms with Gasteiger partial charge < -0.3 is 10.2 Å². The van der Waals surface area contributed by atoms with E-state index in [1.807, 2.05) is 13.8 Å². The molecule has 1 aromatic carbocycles. The zero-order valence-electron chi connectivity index (χ0n) is 11.9. The maximum Gasteiger partial charge on any atom is 0.253 e. The van der Waals surface area contributed by atoms with E-state index in [2.05, 4.69) is 5.32 Å². The molecule has 108 valence electrons. The second-order valence-electron chi connectivity index (χ2n) is 4.10. The summed E-state index contributed by atoms with van der Waals surface area (Å²) in [6.45, 7) is 5.05. The second-order valence-corrected chi connectivity index (χ2v) is 4.51. The van der Waals surface area contributed by atoms with Gasteiger partial charge in [0.15, 0.2) is 0 Å². The van der Waals surface area contributed by atoms with Crippen LogP contribution in [0.2, 0.25) is 5.02 Å². The highest BCUT2D eigenvalue weighted by atomic mass is 35.5. The number of halogens is 1. The fourth-order valence-corrected chi connectivity index (χ4v) is 1.87. The summed E-state index contributed by atoms with van der Waals surface area (Å²) in [5, 5.41) is 20.5. The van der Waals surface area contributed by atoms with Crippen LogP contribution < -0.4 is 5.32 Å². The van der Waals surface area contributed by atoms with Crippen LogP contribution in [0.1, 0.15) is 24.2 Å². The quantitative estimate of drug-likeness (QED) is 0.847. The minimum Gasteiger partial charge on any atom is -0.359 e. The zero-order valence-corrected chi connectivity index (χ0v) is 12.6. The molecular formula is C15H15ClN4O. The number of benzene rings is 1. The fourth-order valence-electron chi connectivity index (χ4n) is 1.70. The van der Waals surface area contributed by atoms with E-state index in [9.17, 15) is 4.79 Å². The van der Waals surface area contributed by atoms with Crippen LogP contribution in [0.3, 0.4) is 0 Å². The van der Waals surface area contributed by atoms with E-state index in [1.165, 1.54) is 6.20 Å². The second kappa shape index (κ2) is 7.94. The van der Waals surface area contributed by atoms with E-state index in [4.69, 9.17) is 22.1 Å². The van der Waals surface area contributed by atoms with Gasteiger partial charge in [-0.1, -0.05) is 11.6 Å². The Morgan fingerprint density at radius 3 is 2.48 bits per heavy atom. The molecule has 5 nitrogen and oxygen atoms in total. The van der Waals surface area contributed by atoms with E-state index in [1.54, 1.807) is 35.2 Å². The van der Waals surface area contributed by atoms with Gasteiger partial charge in [0.25, 0.3) is 5.91 Å². The van der Waals surface area contributed by atoms with E-state index in [0.717, 1.165) is 0 Å². The highest BCUT2D eigenvalue weighted by molar-refractivity contribution is 6.33. The van der Waals surface area contributed by atoms with Gasteiger partial charge in [0.05, 0.1) is 10.7 Å². The van der Waals surface area contributed by atoms with E-state index in [-0.39, 0.29) is 11.5 Å². The average Bonchev–Trinajstić information content (AvgIpc) is 2.51. The predicted octanol–water partition coefficient (Wildman–Crippen LogP) is 3.16. The maximum atomic E-state index is 12.3. The van der Waals surface area contributed by atoms with Gasteiger partial charge in [-0.15, -0.1) is 0 Å². The third kappa shape index (κ3) is 4.24. The Morgan fingerprint density at radius 1 is 1.33 bits per heavy atom. The van der Waals surface area contributed by atoms with Gasteiger partial charge in [0.1, 0.15) is 17.7 Å². The van der Waals surface area contributed by atoms with Crippen LogP contribution in [0.4, 0.5) is 5.69 Å². The van der Waals surface area contributed by atoms with Crippen LogP contribution in [-0.4, -0.2) is 23.9 Å². The van der Waals surface area contributed by atoms with Gasteiger partial charge in [0.2, 0.25) is 0 Å². The molecule has 0 aliphatic heterocycles. The van der Waals surface area contributed by atoms with Crippen molar-refractivity contribution in [1.29, 1.82) is 10.5 Å². The molecule has 0 fully saturated rings. The minimum atomic E-state index is -0.0931. The molecule has 21 heavy (non-hydrogen) atoms. The number of rotatable bonds is 5. The van der Waals surface area contributed by atoms with Gasteiger partial charge in [0, 0.05) is 24.9 Å². The monoisotopic (exact) mass is 302 g/mol. The molecule has 0 radical (unpaired) electrons. The molecule has 0 spiro atoms. The molecule has 6 heteroatoms. The first-order valence-electron chi connectivity index (χ1n) is 6.43. The number of nitrogens with one attached hydrogen (secondary N) is 1. The molecule has 0 aromatic heterocycles.